The van der Waals surface area contributed by atoms with Crippen molar-refractivity contribution in [3.05, 3.63) is 0 Å². The highest BCUT2D eigenvalue weighted by atomic mass is 32.2. The Balaban J connectivity index is 6.50. The van der Waals surface area contributed by atoms with Crippen LogP contribution >= 0.6 is 11.8 Å². The molecule has 394 valence electrons. The topological polar surface area (TPSA) is 350 Å². The van der Waals surface area contributed by atoms with Gasteiger partial charge in [0.1, 0.15) is 42.3 Å². The normalized spacial score (nSPS) is 15.3. The van der Waals surface area contributed by atoms with E-state index in [9.17, 15) is 63.0 Å². The van der Waals surface area contributed by atoms with Gasteiger partial charge in [-0.1, -0.05) is 87.4 Å². The monoisotopic (exact) mass is 1000 g/mol. The van der Waals surface area contributed by atoms with E-state index in [0.717, 1.165) is 11.8 Å². The number of amides is 9. The molecule has 0 rings (SSSR count). The van der Waals surface area contributed by atoms with Crippen molar-refractivity contribution in [2.45, 2.75) is 183 Å². The summed E-state index contributed by atoms with van der Waals surface area (Å²) in [5.41, 5.74) is 5.29. The largest absolute Gasteiger partial charge is 0.481 e. The predicted octanol–water partition coefficient (Wildman–Crippen LogP) is 0.127. The Kier molecular flexibility index (Phi) is 30.0. The van der Waals surface area contributed by atoms with Gasteiger partial charge in [-0.15, -0.1) is 0 Å². The molecular weight excluding hydrogens is 919 g/mol. The highest BCUT2D eigenvalue weighted by molar-refractivity contribution is 8.13. The van der Waals surface area contributed by atoms with Gasteiger partial charge in [0.05, 0.1) is 18.9 Å². The molecule has 0 bridgehead atoms. The lowest BCUT2D eigenvalue weighted by atomic mass is 9.97. The minimum atomic E-state index is -1.73. The molecule has 9 amide bonds. The van der Waals surface area contributed by atoms with Crippen molar-refractivity contribution >= 4 is 76.0 Å². The molecule has 0 aliphatic heterocycles. The lowest BCUT2D eigenvalue weighted by molar-refractivity contribution is -0.142. The standard InChI is InChI=1S/C46H81N9O13S/c1-13-27(10)39(46(68)69-17-16-48-29(12)57)55-44(66)33(20-25(6)7)52-42(64)34(22-37(60)61)53-45(67)38(26(8)9)54-43(65)32(19-24(4)5)51-41(63)31(18-23(2)3)50-40(62)30(14-15-35(47)58)49-36(59)21-28(11)56/h23-28,30-34,38-39,56H,13-22H2,1-12H3,(H2,47,58)(H,48,57)(H,49,59)(H,50,62)(H,51,63)(H,52,64)(H,53,67)(H,54,65)(H,55,66)(H,60,61)/t27-,28-,30-,31-,32+,33+,34-,38-,39-/m0/s1. The molecule has 0 aliphatic carbocycles. The van der Waals surface area contributed by atoms with Crippen LogP contribution in [0.4, 0.5) is 0 Å². The first-order valence-corrected chi connectivity index (χ1v) is 24.7. The van der Waals surface area contributed by atoms with E-state index in [1.165, 1.54) is 13.8 Å². The molecule has 0 aromatic rings. The van der Waals surface area contributed by atoms with Gasteiger partial charge in [-0.2, -0.15) is 0 Å². The molecule has 0 aliphatic rings. The fourth-order valence-electron chi connectivity index (χ4n) is 6.83. The Labute approximate surface area is 410 Å². The number of rotatable bonds is 33. The van der Waals surface area contributed by atoms with E-state index in [1.807, 2.05) is 6.92 Å². The molecule has 0 radical (unpaired) electrons. The third-order valence-corrected chi connectivity index (χ3v) is 11.5. The Bertz CT molecular complexity index is 1760. The van der Waals surface area contributed by atoms with Gasteiger partial charge in [0, 0.05) is 25.6 Å². The highest BCUT2D eigenvalue weighted by Crippen LogP contribution is 2.18. The van der Waals surface area contributed by atoms with Crippen molar-refractivity contribution in [2.75, 3.05) is 12.3 Å². The summed E-state index contributed by atoms with van der Waals surface area (Å²) in [6, 6.07) is -9.14. The smallest absolute Gasteiger partial charge is 0.305 e. The van der Waals surface area contributed by atoms with Crippen molar-refractivity contribution in [3.8, 4) is 0 Å². The van der Waals surface area contributed by atoms with Crippen LogP contribution in [0.3, 0.4) is 0 Å². The molecule has 69 heavy (non-hydrogen) atoms. The molecule has 12 N–H and O–H groups in total. The molecule has 23 heteroatoms. The van der Waals surface area contributed by atoms with E-state index in [2.05, 4.69) is 42.5 Å². The molecule has 0 heterocycles. The number of carboxylic acid groups (broad SMARTS) is 1. The van der Waals surface area contributed by atoms with Gasteiger partial charge in [0.2, 0.25) is 58.3 Å². The summed E-state index contributed by atoms with van der Waals surface area (Å²) in [7, 11) is 0. The van der Waals surface area contributed by atoms with Crippen LogP contribution < -0.4 is 48.3 Å². The van der Waals surface area contributed by atoms with Gasteiger partial charge in [-0.25, -0.2) is 0 Å². The fourth-order valence-corrected chi connectivity index (χ4v) is 7.70. The zero-order valence-electron chi connectivity index (χ0n) is 42.4. The SMILES string of the molecule is CC[C@H](C)[C@H](NC(=O)[C@@H](CC(C)C)NC(=O)[C@H](CC(=O)O)NC(=O)[C@@H](NC(=O)[C@@H](CC(C)C)NC(=O)[C@H](CC(C)C)NC(=O)[C@H](CCC(N)=O)NC(=O)C[C@H](C)O)C(C)C)C(=O)SCCNC(C)=O. The minimum Gasteiger partial charge on any atom is -0.481 e. The van der Waals surface area contributed by atoms with Gasteiger partial charge in [-0.05, 0) is 62.2 Å². The Morgan fingerprint density at radius 1 is 0.551 bits per heavy atom. The van der Waals surface area contributed by atoms with Gasteiger partial charge in [0.15, 0.2) is 0 Å². The Morgan fingerprint density at radius 3 is 1.36 bits per heavy atom. The second-order valence-corrected chi connectivity index (χ2v) is 20.3. The summed E-state index contributed by atoms with van der Waals surface area (Å²) in [5.74, 6) is -9.46. The lowest BCUT2D eigenvalue weighted by Crippen LogP contribution is -2.61. The van der Waals surface area contributed by atoms with E-state index in [-0.39, 0.29) is 85.5 Å². The van der Waals surface area contributed by atoms with Crippen LogP contribution in [-0.2, 0) is 52.7 Å². The summed E-state index contributed by atoms with van der Waals surface area (Å²) in [5, 5.41) is 39.8. The van der Waals surface area contributed by atoms with Crippen molar-refractivity contribution in [1.29, 1.82) is 0 Å². The first-order valence-electron chi connectivity index (χ1n) is 23.7. The summed E-state index contributed by atoms with van der Waals surface area (Å²) < 4.78 is 0. The number of thioether (sulfide) groups is 1. The van der Waals surface area contributed by atoms with Crippen molar-refractivity contribution in [2.24, 2.45) is 35.3 Å². The summed E-state index contributed by atoms with van der Waals surface area (Å²) in [4.78, 5) is 144. The van der Waals surface area contributed by atoms with Crippen LogP contribution in [-0.4, -0.2) is 135 Å². The molecular formula is C46H81N9O13S. The molecule has 0 fully saturated rings. The number of carbonyl (C=O) groups is 11. The van der Waals surface area contributed by atoms with Crippen LogP contribution in [0.2, 0.25) is 0 Å². The van der Waals surface area contributed by atoms with Crippen LogP contribution in [0.1, 0.15) is 134 Å². The number of carbonyl (C=O) groups excluding carboxylic acids is 10. The maximum Gasteiger partial charge on any atom is 0.305 e. The van der Waals surface area contributed by atoms with E-state index in [1.54, 1.807) is 62.3 Å². The molecule has 0 aromatic heterocycles. The molecule has 0 saturated carbocycles. The Morgan fingerprint density at radius 2 is 0.971 bits per heavy atom. The molecule has 0 unspecified atom stereocenters. The fraction of sp³-hybridized carbons (Fsp3) is 0.761. The van der Waals surface area contributed by atoms with E-state index in [4.69, 9.17) is 5.73 Å². The van der Waals surface area contributed by atoms with Crippen LogP contribution in [0.5, 0.6) is 0 Å². The summed E-state index contributed by atoms with van der Waals surface area (Å²) in [6.07, 6.45) is -2.02. The average Bonchev–Trinajstić information content (AvgIpc) is 3.21. The zero-order chi connectivity index (χ0) is 53.3. The number of carboxylic acids is 1. The molecule has 0 spiro atoms. The molecule has 9 atom stereocenters. The van der Waals surface area contributed by atoms with Gasteiger partial charge in [-0.3, -0.25) is 52.7 Å². The lowest BCUT2D eigenvalue weighted by Gasteiger charge is -2.30. The Hall–Kier alpha value is -5.32. The molecule has 0 saturated heterocycles. The second-order valence-electron chi connectivity index (χ2n) is 19.2. The number of primary amides is 1. The van der Waals surface area contributed by atoms with E-state index >= 15 is 0 Å². The summed E-state index contributed by atoms with van der Waals surface area (Å²) in [6.45, 7) is 20.5. The zero-order valence-corrected chi connectivity index (χ0v) is 43.3. The number of aliphatic hydroxyl groups excluding tert-OH is 1. The number of aliphatic carboxylic acids is 1. The third kappa shape index (κ3) is 26.9. The maximum absolute atomic E-state index is 14.0. The number of aliphatic hydroxyl groups is 1. The highest BCUT2D eigenvalue weighted by Gasteiger charge is 2.37. The molecule has 22 nitrogen and oxygen atoms in total. The number of nitrogens with two attached hydrogens (primary N) is 1. The van der Waals surface area contributed by atoms with E-state index in [0.29, 0.717) is 6.42 Å². The van der Waals surface area contributed by atoms with Crippen LogP contribution in [0, 0.1) is 29.6 Å². The average molecular weight is 1000 g/mol. The minimum absolute atomic E-state index is 0.0611. The number of hydrogen-bond acceptors (Lipinski definition) is 13. The van der Waals surface area contributed by atoms with Crippen LogP contribution in [0.25, 0.3) is 0 Å². The summed E-state index contributed by atoms with van der Waals surface area (Å²) >= 11 is 0.934. The van der Waals surface area contributed by atoms with Crippen molar-refractivity contribution in [3.63, 3.8) is 0 Å². The van der Waals surface area contributed by atoms with Crippen molar-refractivity contribution in [1.82, 2.24) is 42.5 Å². The van der Waals surface area contributed by atoms with Crippen LogP contribution in [0.15, 0.2) is 0 Å². The predicted molar refractivity (Wildman–Crippen MR) is 259 cm³/mol. The second kappa shape index (κ2) is 32.5. The van der Waals surface area contributed by atoms with Gasteiger partial charge < -0.3 is 58.5 Å². The number of hydrogen-bond donors (Lipinski definition) is 11. The number of nitrogens with one attached hydrogen (secondary N) is 8. The van der Waals surface area contributed by atoms with E-state index < -0.39 is 114 Å². The quantitative estimate of drug-likeness (QED) is 0.0390. The van der Waals surface area contributed by atoms with Gasteiger partial charge in [0.25, 0.3) is 0 Å². The van der Waals surface area contributed by atoms with Crippen molar-refractivity contribution < 1.29 is 63.0 Å². The maximum atomic E-state index is 14.0. The first kappa shape index (κ1) is 63.7. The first-order chi connectivity index (χ1) is 32.0. The third-order valence-electron chi connectivity index (χ3n) is 10.6. The van der Waals surface area contributed by atoms with Gasteiger partial charge >= 0.3 is 5.97 Å². The molecule has 0 aromatic carbocycles.